The van der Waals surface area contributed by atoms with Crippen molar-refractivity contribution in [1.82, 2.24) is 4.90 Å². The molecule has 1 atom stereocenters. The highest BCUT2D eigenvalue weighted by Gasteiger charge is 2.33. The van der Waals surface area contributed by atoms with Gasteiger partial charge in [0.05, 0.1) is 26.2 Å². The van der Waals surface area contributed by atoms with Crippen LogP contribution in [-0.4, -0.2) is 52.8 Å². The van der Waals surface area contributed by atoms with Gasteiger partial charge in [-0.15, -0.1) is 0 Å². The molecule has 0 saturated heterocycles. The Hall–Kier alpha value is -2.74. The second-order valence-corrected chi connectivity index (χ2v) is 8.58. The van der Waals surface area contributed by atoms with Crippen LogP contribution in [0.1, 0.15) is 18.9 Å². The van der Waals surface area contributed by atoms with Crippen LogP contribution < -0.4 is 13.8 Å². The fraction of sp³-hybridized carbons (Fsp3) is 0.381. The molecule has 0 heterocycles. The first-order chi connectivity index (χ1) is 13.7. The van der Waals surface area contributed by atoms with E-state index in [4.69, 9.17) is 9.47 Å². The van der Waals surface area contributed by atoms with Gasteiger partial charge in [0.2, 0.25) is 15.9 Å². The molecule has 0 fully saturated rings. The summed E-state index contributed by atoms with van der Waals surface area (Å²) in [7, 11) is 1.12. The van der Waals surface area contributed by atoms with Crippen molar-refractivity contribution in [3.05, 3.63) is 54.1 Å². The minimum Gasteiger partial charge on any atom is -0.497 e. The van der Waals surface area contributed by atoms with Crippen molar-refractivity contribution in [3.8, 4) is 11.5 Å². The Morgan fingerprint density at radius 3 is 1.86 bits per heavy atom. The standard InChI is InChI=1S/C21H28N2O5S/c1-6-20(21(24)22(2)15-16-7-11-18(27-3)12-8-16)23(29(5,25)26)17-9-13-19(28-4)14-10-17/h7-14,20H,6,15H2,1-5H3/t20-/m1/s1. The van der Waals surface area contributed by atoms with Crippen LogP contribution in [0.25, 0.3) is 0 Å². The summed E-state index contributed by atoms with van der Waals surface area (Å²) in [5.74, 6) is 1.07. The zero-order valence-corrected chi connectivity index (χ0v) is 18.3. The van der Waals surface area contributed by atoms with Gasteiger partial charge in [0, 0.05) is 13.6 Å². The van der Waals surface area contributed by atoms with Crippen molar-refractivity contribution < 1.29 is 22.7 Å². The number of likely N-dealkylation sites (N-methyl/N-ethyl adjacent to an activating group) is 1. The minimum absolute atomic E-state index is 0.274. The highest BCUT2D eigenvalue weighted by Crippen LogP contribution is 2.26. The molecular formula is C21H28N2O5S. The van der Waals surface area contributed by atoms with Gasteiger partial charge in [-0.3, -0.25) is 9.10 Å². The molecule has 0 bridgehead atoms. The normalized spacial score (nSPS) is 12.2. The minimum atomic E-state index is -3.68. The molecule has 2 aromatic carbocycles. The summed E-state index contributed by atoms with van der Waals surface area (Å²) in [5.41, 5.74) is 1.35. The Balaban J connectivity index is 2.28. The van der Waals surface area contributed by atoms with Crippen LogP contribution >= 0.6 is 0 Å². The van der Waals surface area contributed by atoms with E-state index in [-0.39, 0.29) is 5.91 Å². The molecule has 0 aliphatic carbocycles. The number of methoxy groups -OCH3 is 2. The Bertz CT molecular complexity index is 911. The topological polar surface area (TPSA) is 76.2 Å². The number of amides is 1. The Morgan fingerprint density at radius 1 is 0.966 bits per heavy atom. The SMILES string of the molecule is CC[C@H](C(=O)N(C)Cc1ccc(OC)cc1)N(c1ccc(OC)cc1)S(C)(=O)=O. The largest absolute Gasteiger partial charge is 0.497 e. The maximum absolute atomic E-state index is 13.2. The van der Waals surface area contributed by atoms with E-state index < -0.39 is 16.1 Å². The van der Waals surface area contributed by atoms with E-state index in [1.165, 1.54) is 16.3 Å². The molecule has 0 N–H and O–H groups in total. The maximum Gasteiger partial charge on any atom is 0.246 e. The van der Waals surface area contributed by atoms with Gasteiger partial charge in [-0.1, -0.05) is 19.1 Å². The first kappa shape index (κ1) is 22.5. The van der Waals surface area contributed by atoms with Crippen LogP contribution in [0.4, 0.5) is 5.69 Å². The van der Waals surface area contributed by atoms with Gasteiger partial charge in [-0.05, 0) is 48.4 Å². The third-order valence-corrected chi connectivity index (χ3v) is 5.77. The second kappa shape index (κ2) is 9.65. The van der Waals surface area contributed by atoms with Gasteiger partial charge in [0.1, 0.15) is 17.5 Å². The van der Waals surface area contributed by atoms with E-state index in [0.717, 1.165) is 17.6 Å². The molecule has 29 heavy (non-hydrogen) atoms. The van der Waals surface area contributed by atoms with Gasteiger partial charge in [0.25, 0.3) is 0 Å². The highest BCUT2D eigenvalue weighted by molar-refractivity contribution is 7.92. The van der Waals surface area contributed by atoms with E-state index >= 15 is 0 Å². The van der Waals surface area contributed by atoms with Crippen molar-refractivity contribution in [1.29, 1.82) is 0 Å². The highest BCUT2D eigenvalue weighted by atomic mass is 32.2. The summed E-state index contributed by atoms with van der Waals surface area (Å²) in [6, 6.07) is 13.2. The number of carbonyl (C=O) groups excluding carboxylic acids is 1. The number of sulfonamides is 1. The molecule has 0 saturated carbocycles. The number of hydrogen-bond acceptors (Lipinski definition) is 5. The molecular weight excluding hydrogens is 392 g/mol. The molecule has 0 aliphatic heterocycles. The lowest BCUT2D eigenvalue weighted by molar-refractivity contribution is -0.131. The molecule has 2 rings (SSSR count). The summed E-state index contributed by atoms with van der Waals surface area (Å²) in [6.07, 6.45) is 1.45. The number of nitrogens with zero attached hydrogens (tertiary/aromatic N) is 2. The third-order valence-electron chi connectivity index (χ3n) is 4.59. The zero-order valence-electron chi connectivity index (χ0n) is 17.5. The number of ether oxygens (including phenoxy) is 2. The number of benzene rings is 2. The Morgan fingerprint density at radius 2 is 1.45 bits per heavy atom. The van der Waals surface area contributed by atoms with Crippen LogP contribution in [0.15, 0.2) is 48.5 Å². The summed E-state index contributed by atoms with van der Waals surface area (Å²) in [4.78, 5) is 14.7. The van der Waals surface area contributed by atoms with Gasteiger partial charge < -0.3 is 14.4 Å². The van der Waals surface area contributed by atoms with Crippen molar-refractivity contribution in [3.63, 3.8) is 0 Å². The summed E-state index contributed by atoms with van der Waals surface area (Å²) < 4.78 is 36.6. The molecule has 7 nitrogen and oxygen atoms in total. The predicted octanol–water partition coefficient (Wildman–Crippen LogP) is 2.91. The van der Waals surface area contributed by atoms with Crippen molar-refractivity contribution >= 4 is 21.6 Å². The average molecular weight is 421 g/mol. The number of rotatable bonds is 9. The first-order valence-corrected chi connectivity index (χ1v) is 11.1. The average Bonchev–Trinajstić information content (AvgIpc) is 2.71. The van der Waals surface area contributed by atoms with Crippen molar-refractivity contribution in [2.24, 2.45) is 0 Å². The molecule has 158 valence electrons. The van der Waals surface area contributed by atoms with Crippen LogP contribution in [0.5, 0.6) is 11.5 Å². The molecule has 0 aromatic heterocycles. The lowest BCUT2D eigenvalue weighted by Gasteiger charge is -2.33. The smallest absolute Gasteiger partial charge is 0.246 e. The quantitative estimate of drug-likeness (QED) is 0.623. The molecule has 8 heteroatoms. The van der Waals surface area contributed by atoms with Gasteiger partial charge >= 0.3 is 0 Å². The molecule has 0 radical (unpaired) electrons. The van der Waals surface area contributed by atoms with E-state index in [2.05, 4.69) is 0 Å². The summed E-state index contributed by atoms with van der Waals surface area (Å²) in [6.45, 7) is 2.16. The zero-order chi connectivity index (χ0) is 21.6. The molecule has 2 aromatic rings. The lowest BCUT2D eigenvalue weighted by Crippen LogP contribution is -2.49. The summed E-state index contributed by atoms with van der Waals surface area (Å²) >= 11 is 0. The lowest BCUT2D eigenvalue weighted by atomic mass is 10.1. The Kier molecular flexibility index (Phi) is 7.50. The third kappa shape index (κ3) is 5.63. The van der Waals surface area contributed by atoms with Gasteiger partial charge in [-0.2, -0.15) is 0 Å². The van der Waals surface area contributed by atoms with Crippen LogP contribution in [0.3, 0.4) is 0 Å². The molecule has 0 spiro atoms. The predicted molar refractivity (Wildman–Crippen MR) is 114 cm³/mol. The van der Waals surface area contributed by atoms with Crippen molar-refractivity contribution in [2.75, 3.05) is 31.8 Å². The van der Waals surface area contributed by atoms with E-state index in [1.54, 1.807) is 45.3 Å². The Labute approximate surface area is 172 Å². The van der Waals surface area contributed by atoms with Gasteiger partial charge in [-0.25, -0.2) is 8.42 Å². The number of carbonyl (C=O) groups is 1. The van der Waals surface area contributed by atoms with E-state index in [1.807, 2.05) is 24.3 Å². The van der Waals surface area contributed by atoms with Crippen LogP contribution in [0.2, 0.25) is 0 Å². The maximum atomic E-state index is 13.2. The number of hydrogen-bond donors (Lipinski definition) is 0. The van der Waals surface area contributed by atoms with Crippen LogP contribution in [0, 0.1) is 0 Å². The monoisotopic (exact) mass is 420 g/mol. The molecule has 0 aliphatic rings. The fourth-order valence-corrected chi connectivity index (χ4v) is 4.32. The summed E-state index contributed by atoms with van der Waals surface area (Å²) in [5, 5.41) is 0. The molecule has 1 amide bonds. The molecule has 0 unspecified atom stereocenters. The number of anilines is 1. The van der Waals surface area contributed by atoms with Crippen molar-refractivity contribution in [2.45, 2.75) is 25.9 Å². The van der Waals surface area contributed by atoms with E-state index in [0.29, 0.717) is 24.4 Å². The van der Waals surface area contributed by atoms with Gasteiger partial charge in [0.15, 0.2) is 0 Å². The first-order valence-electron chi connectivity index (χ1n) is 9.22. The van der Waals surface area contributed by atoms with E-state index in [9.17, 15) is 13.2 Å². The van der Waals surface area contributed by atoms with Crippen LogP contribution in [-0.2, 0) is 21.4 Å². The second-order valence-electron chi connectivity index (χ2n) is 6.72. The fourth-order valence-electron chi connectivity index (χ4n) is 3.11.